The van der Waals surface area contributed by atoms with Crippen molar-refractivity contribution in [3.63, 3.8) is 0 Å². The minimum atomic E-state index is -3.63. The van der Waals surface area contributed by atoms with Crippen molar-refractivity contribution in [3.8, 4) is 0 Å². The Hall–Kier alpha value is -2.78. The van der Waals surface area contributed by atoms with Crippen molar-refractivity contribution in [3.05, 3.63) is 59.9 Å². The molecule has 1 aliphatic rings. The molecule has 1 saturated heterocycles. The highest BCUT2D eigenvalue weighted by atomic mass is 32.2. The van der Waals surface area contributed by atoms with Crippen LogP contribution in [0.3, 0.4) is 0 Å². The normalized spacial score (nSPS) is 17.2. The Labute approximate surface area is 181 Å². The summed E-state index contributed by atoms with van der Waals surface area (Å²) in [5.74, 6) is -2.13. The lowest BCUT2D eigenvalue weighted by Crippen LogP contribution is -2.45. The van der Waals surface area contributed by atoms with Gasteiger partial charge >= 0.3 is 11.8 Å². The number of amides is 2. The second-order valence-electron chi connectivity index (χ2n) is 7.58. The monoisotopic (exact) mass is 447 g/mol. The Kier molecular flexibility index (Phi) is 7.40. The summed E-state index contributed by atoms with van der Waals surface area (Å²) in [7, 11) is -3.63. The third-order valence-corrected chi connectivity index (χ3v) is 7.24. The molecule has 2 aromatic carbocycles. The van der Waals surface area contributed by atoms with Gasteiger partial charge in [0.1, 0.15) is 5.82 Å². The predicted molar refractivity (Wildman–Crippen MR) is 115 cm³/mol. The SMILES string of the molecule is Cc1ccc(S(=O)(=O)N2CCCCC2CCNC(=O)C(=O)Nc2ccc(F)cc2)cc1. The highest BCUT2D eigenvalue weighted by Gasteiger charge is 2.33. The van der Waals surface area contributed by atoms with E-state index >= 15 is 0 Å². The van der Waals surface area contributed by atoms with E-state index in [4.69, 9.17) is 0 Å². The lowest BCUT2D eigenvalue weighted by Gasteiger charge is -2.34. The number of rotatable bonds is 6. The number of sulfonamides is 1. The highest BCUT2D eigenvalue weighted by Crippen LogP contribution is 2.27. The van der Waals surface area contributed by atoms with Crippen LogP contribution >= 0.6 is 0 Å². The maximum Gasteiger partial charge on any atom is 0.313 e. The zero-order valence-electron chi connectivity index (χ0n) is 17.3. The van der Waals surface area contributed by atoms with Crippen molar-refractivity contribution >= 4 is 27.5 Å². The summed E-state index contributed by atoms with van der Waals surface area (Å²) in [6, 6.07) is 11.6. The van der Waals surface area contributed by atoms with E-state index in [0.29, 0.717) is 25.1 Å². The molecule has 2 amide bonds. The molecule has 0 radical (unpaired) electrons. The van der Waals surface area contributed by atoms with Crippen LogP contribution < -0.4 is 10.6 Å². The fraction of sp³-hybridized carbons (Fsp3) is 0.364. The maximum atomic E-state index is 13.1. The molecule has 31 heavy (non-hydrogen) atoms. The molecule has 0 spiro atoms. The minimum absolute atomic E-state index is 0.167. The van der Waals surface area contributed by atoms with E-state index in [1.165, 1.54) is 28.6 Å². The molecule has 166 valence electrons. The summed E-state index contributed by atoms with van der Waals surface area (Å²) in [6.07, 6.45) is 2.79. The first-order valence-corrected chi connectivity index (χ1v) is 11.6. The molecule has 0 aromatic heterocycles. The van der Waals surface area contributed by atoms with E-state index in [0.717, 1.165) is 18.4 Å². The first kappa shape index (κ1) is 22.9. The zero-order valence-corrected chi connectivity index (χ0v) is 18.1. The standard InChI is InChI=1S/C22H26FN3O4S/c1-16-5-11-20(12-6-16)31(29,30)26-15-3-2-4-19(26)13-14-24-21(27)22(28)25-18-9-7-17(23)8-10-18/h5-12,19H,2-4,13-15H2,1H3,(H,24,27)(H,25,28). The molecule has 1 atom stereocenters. The van der Waals surface area contributed by atoms with Gasteiger partial charge in [-0.3, -0.25) is 9.59 Å². The zero-order chi connectivity index (χ0) is 22.4. The molecule has 1 unspecified atom stereocenters. The van der Waals surface area contributed by atoms with E-state index in [2.05, 4.69) is 10.6 Å². The number of benzene rings is 2. The van der Waals surface area contributed by atoms with Crippen molar-refractivity contribution in [1.29, 1.82) is 0 Å². The Morgan fingerprint density at radius 3 is 2.39 bits per heavy atom. The number of hydrogen-bond acceptors (Lipinski definition) is 4. The minimum Gasteiger partial charge on any atom is -0.348 e. The Bertz CT molecular complexity index is 1020. The molecule has 7 nitrogen and oxygen atoms in total. The second-order valence-corrected chi connectivity index (χ2v) is 9.47. The maximum absolute atomic E-state index is 13.1. The van der Waals surface area contributed by atoms with Crippen molar-refractivity contribution < 1.29 is 22.4 Å². The molecular weight excluding hydrogens is 421 g/mol. The van der Waals surface area contributed by atoms with E-state index in [1.54, 1.807) is 24.3 Å². The molecule has 0 aliphatic carbocycles. The van der Waals surface area contributed by atoms with Crippen molar-refractivity contribution in [2.24, 2.45) is 0 Å². The van der Waals surface area contributed by atoms with Crippen LogP contribution in [0.2, 0.25) is 0 Å². The Morgan fingerprint density at radius 2 is 1.71 bits per heavy atom. The molecule has 3 rings (SSSR count). The van der Waals surface area contributed by atoms with Gasteiger partial charge in [-0.15, -0.1) is 0 Å². The quantitative estimate of drug-likeness (QED) is 0.666. The second kappa shape index (κ2) is 10.0. The Morgan fingerprint density at radius 1 is 1.03 bits per heavy atom. The third-order valence-electron chi connectivity index (χ3n) is 5.27. The number of nitrogens with zero attached hydrogens (tertiary/aromatic N) is 1. The first-order chi connectivity index (χ1) is 14.8. The lowest BCUT2D eigenvalue weighted by molar-refractivity contribution is -0.136. The number of hydrogen-bond donors (Lipinski definition) is 2. The molecule has 1 aliphatic heterocycles. The number of aryl methyl sites for hydroxylation is 1. The molecule has 2 aromatic rings. The molecule has 1 fully saturated rings. The Balaban J connectivity index is 1.56. The van der Waals surface area contributed by atoms with Crippen LogP contribution in [0.15, 0.2) is 53.4 Å². The predicted octanol–water partition coefficient (Wildman–Crippen LogP) is 2.82. The van der Waals surface area contributed by atoms with E-state index in [-0.39, 0.29) is 17.5 Å². The first-order valence-electron chi connectivity index (χ1n) is 10.2. The van der Waals surface area contributed by atoms with Gasteiger partial charge in [0.05, 0.1) is 4.90 Å². The van der Waals surface area contributed by atoms with Crippen LogP contribution in [-0.4, -0.2) is 43.7 Å². The fourth-order valence-corrected chi connectivity index (χ4v) is 5.30. The summed E-state index contributed by atoms with van der Waals surface area (Å²) in [6.45, 7) is 2.50. The fourth-order valence-electron chi connectivity index (χ4n) is 3.58. The van der Waals surface area contributed by atoms with Crippen LogP contribution in [0.5, 0.6) is 0 Å². The van der Waals surface area contributed by atoms with Crippen molar-refractivity contribution in [2.75, 3.05) is 18.4 Å². The van der Waals surface area contributed by atoms with Gasteiger partial charge in [0, 0.05) is 24.8 Å². The van der Waals surface area contributed by atoms with Gasteiger partial charge in [0.2, 0.25) is 10.0 Å². The molecule has 0 bridgehead atoms. The number of anilines is 1. The summed E-state index contributed by atoms with van der Waals surface area (Å²) in [5, 5.41) is 4.93. The number of halogens is 1. The summed E-state index contributed by atoms with van der Waals surface area (Å²) >= 11 is 0. The van der Waals surface area contributed by atoms with Gasteiger partial charge in [-0.25, -0.2) is 12.8 Å². The average molecular weight is 448 g/mol. The van der Waals surface area contributed by atoms with Crippen molar-refractivity contribution in [1.82, 2.24) is 9.62 Å². The molecule has 2 N–H and O–H groups in total. The van der Waals surface area contributed by atoms with Gasteiger partial charge in [-0.2, -0.15) is 4.31 Å². The summed E-state index contributed by atoms with van der Waals surface area (Å²) in [4.78, 5) is 24.3. The van der Waals surface area contributed by atoms with Gasteiger partial charge in [0.25, 0.3) is 0 Å². The van der Waals surface area contributed by atoms with E-state index in [9.17, 15) is 22.4 Å². The number of nitrogens with one attached hydrogen (secondary N) is 2. The lowest BCUT2D eigenvalue weighted by atomic mass is 10.0. The van der Waals surface area contributed by atoms with Crippen LogP contribution in [-0.2, 0) is 19.6 Å². The number of carbonyl (C=O) groups is 2. The summed E-state index contributed by atoms with van der Waals surface area (Å²) < 4.78 is 40.6. The van der Waals surface area contributed by atoms with Crippen LogP contribution in [0.1, 0.15) is 31.2 Å². The summed E-state index contributed by atoms with van der Waals surface area (Å²) in [5.41, 5.74) is 1.29. The van der Waals surface area contributed by atoms with Gasteiger partial charge < -0.3 is 10.6 Å². The largest absolute Gasteiger partial charge is 0.348 e. The van der Waals surface area contributed by atoms with Crippen LogP contribution in [0.25, 0.3) is 0 Å². The van der Waals surface area contributed by atoms with Crippen LogP contribution in [0.4, 0.5) is 10.1 Å². The molecular formula is C22H26FN3O4S. The number of piperidine rings is 1. The van der Waals surface area contributed by atoms with E-state index < -0.39 is 27.7 Å². The van der Waals surface area contributed by atoms with Crippen molar-refractivity contribution in [2.45, 2.75) is 43.5 Å². The molecule has 1 heterocycles. The highest BCUT2D eigenvalue weighted by molar-refractivity contribution is 7.89. The van der Waals surface area contributed by atoms with Crippen LogP contribution in [0, 0.1) is 12.7 Å². The van der Waals surface area contributed by atoms with E-state index in [1.807, 2.05) is 6.92 Å². The molecule has 0 saturated carbocycles. The van der Waals surface area contributed by atoms with Gasteiger partial charge in [0.15, 0.2) is 0 Å². The average Bonchev–Trinajstić information content (AvgIpc) is 2.76. The third kappa shape index (κ3) is 5.89. The topological polar surface area (TPSA) is 95.6 Å². The number of carbonyl (C=O) groups excluding carboxylic acids is 2. The molecule has 9 heteroatoms. The van der Waals surface area contributed by atoms with Gasteiger partial charge in [-0.05, 0) is 62.6 Å². The van der Waals surface area contributed by atoms with Gasteiger partial charge in [-0.1, -0.05) is 24.1 Å². The smallest absolute Gasteiger partial charge is 0.313 e.